The number of carboxylic acid groups (broad SMARTS) is 1. The van der Waals surface area contributed by atoms with E-state index in [-0.39, 0.29) is 10.8 Å². The summed E-state index contributed by atoms with van der Waals surface area (Å²) in [5.74, 6) is 0.444. The molecule has 6 nitrogen and oxygen atoms in total. The van der Waals surface area contributed by atoms with Crippen molar-refractivity contribution in [2.75, 3.05) is 19.1 Å². The minimum absolute atomic E-state index is 0.0536. The van der Waals surface area contributed by atoms with Crippen LogP contribution in [0, 0.1) is 0 Å². The topological polar surface area (TPSA) is 75.5 Å². The van der Waals surface area contributed by atoms with E-state index in [2.05, 4.69) is 26.0 Å². The molecule has 16 heavy (non-hydrogen) atoms. The second kappa shape index (κ2) is 5.14. The summed E-state index contributed by atoms with van der Waals surface area (Å²) in [5, 5.41) is 8.83. The van der Waals surface area contributed by atoms with Crippen LogP contribution in [0.5, 0.6) is 5.88 Å². The van der Waals surface area contributed by atoms with Gasteiger partial charge in [-0.25, -0.2) is 0 Å². The van der Waals surface area contributed by atoms with Gasteiger partial charge in [-0.3, -0.25) is 0 Å². The molecule has 1 heterocycles. The van der Waals surface area contributed by atoms with Gasteiger partial charge in [0.25, 0.3) is 0 Å². The molecule has 1 atom stereocenters. The minimum atomic E-state index is -1.12. The van der Waals surface area contributed by atoms with Crippen molar-refractivity contribution in [2.24, 2.45) is 0 Å². The summed E-state index contributed by atoms with van der Waals surface area (Å²) >= 11 is 2.89. The molecule has 1 amide bonds. The molecule has 1 unspecified atom stereocenters. The van der Waals surface area contributed by atoms with Crippen LogP contribution in [0.15, 0.2) is 6.07 Å². The zero-order valence-corrected chi connectivity index (χ0v) is 10.9. The number of nitrogens with zero attached hydrogens (tertiary/aromatic N) is 3. The van der Waals surface area contributed by atoms with Gasteiger partial charge in [0.15, 0.2) is 0 Å². The summed E-state index contributed by atoms with van der Waals surface area (Å²) in [6, 6.07) is 1.67. The normalized spacial score (nSPS) is 12.0. The number of hydrogen-bond donors (Lipinski definition) is 1. The Morgan fingerprint density at radius 3 is 2.69 bits per heavy atom. The van der Waals surface area contributed by atoms with Crippen LogP contribution in [-0.2, 0) is 0 Å². The van der Waals surface area contributed by atoms with Gasteiger partial charge in [-0.1, -0.05) is 0 Å². The number of aromatic nitrogens is 2. The molecule has 0 saturated carbocycles. The van der Waals surface area contributed by atoms with Crippen molar-refractivity contribution in [3.8, 4) is 5.88 Å². The van der Waals surface area contributed by atoms with E-state index in [0.717, 1.165) is 4.90 Å². The number of rotatable bonds is 3. The Bertz CT molecular complexity index is 398. The van der Waals surface area contributed by atoms with Crippen LogP contribution >= 0.6 is 0 Å². The summed E-state index contributed by atoms with van der Waals surface area (Å²) in [7, 11) is 2.85. The van der Waals surface area contributed by atoms with Crippen LogP contribution in [0.3, 0.4) is 0 Å². The second-order valence-electron chi connectivity index (χ2n) is 3.12. The molecule has 1 N–H and O–H groups in total. The Hall–Kier alpha value is -1.33. The van der Waals surface area contributed by atoms with E-state index in [1.54, 1.807) is 6.07 Å². The first-order valence-electron chi connectivity index (χ1n) is 4.51. The van der Waals surface area contributed by atoms with Gasteiger partial charge >= 0.3 is 101 Å². The van der Waals surface area contributed by atoms with Crippen molar-refractivity contribution in [2.45, 2.75) is 11.7 Å². The van der Waals surface area contributed by atoms with Gasteiger partial charge < -0.3 is 0 Å². The van der Waals surface area contributed by atoms with Crippen LogP contribution in [0.2, 0.25) is 0 Å². The zero-order chi connectivity index (χ0) is 12.3. The van der Waals surface area contributed by atoms with Crippen molar-refractivity contribution >= 4 is 28.1 Å². The van der Waals surface area contributed by atoms with E-state index < -0.39 is 6.09 Å². The van der Waals surface area contributed by atoms with Crippen LogP contribution in [0.1, 0.15) is 17.4 Å². The number of ether oxygens (including phenoxy) is 1. The first kappa shape index (κ1) is 12.7. The average molecular weight is 289 g/mol. The molecule has 1 rings (SSSR count). The summed E-state index contributed by atoms with van der Waals surface area (Å²) in [6.07, 6.45) is -1.12. The van der Waals surface area contributed by atoms with Crippen molar-refractivity contribution in [1.29, 1.82) is 0 Å². The van der Waals surface area contributed by atoms with Crippen LogP contribution in [-0.4, -0.2) is 51.3 Å². The fourth-order valence-corrected chi connectivity index (χ4v) is 1.23. The summed E-state index contributed by atoms with van der Waals surface area (Å²) in [4.78, 5) is 19.8. The van der Waals surface area contributed by atoms with Crippen molar-refractivity contribution in [1.82, 2.24) is 9.97 Å². The van der Waals surface area contributed by atoms with Crippen LogP contribution in [0.25, 0.3) is 0 Å². The van der Waals surface area contributed by atoms with Crippen molar-refractivity contribution in [3.05, 3.63) is 11.8 Å². The molecule has 0 saturated heterocycles. The second-order valence-corrected chi connectivity index (χ2v) is 4.60. The molecule has 1 radical (unpaired) electrons. The SMILES string of the molecule is COc1cc(C(C)[Se])nc(N(C)C(=O)O)n1. The molecule has 1 aromatic heterocycles. The van der Waals surface area contributed by atoms with Gasteiger partial charge in [-0.05, 0) is 0 Å². The number of amides is 1. The molecule has 0 aliphatic carbocycles. The number of carbonyl (C=O) groups is 1. The van der Waals surface area contributed by atoms with E-state index in [9.17, 15) is 4.79 Å². The molecule has 0 aliphatic heterocycles. The molecule has 7 heteroatoms. The third-order valence-corrected chi connectivity index (χ3v) is 2.43. The predicted molar refractivity (Wildman–Crippen MR) is 59.2 cm³/mol. The van der Waals surface area contributed by atoms with Crippen molar-refractivity contribution < 1.29 is 14.6 Å². The monoisotopic (exact) mass is 290 g/mol. The molecule has 0 bridgehead atoms. The van der Waals surface area contributed by atoms with E-state index in [1.807, 2.05) is 6.92 Å². The van der Waals surface area contributed by atoms with Gasteiger partial charge in [0, 0.05) is 0 Å². The molecular formula is C9H12N3O3Se. The van der Waals surface area contributed by atoms with Gasteiger partial charge in [0.05, 0.1) is 0 Å². The number of hydrogen-bond acceptors (Lipinski definition) is 4. The third kappa shape index (κ3) is 2.83. The average Bonchev–Trinajstić information content (AvgIpc) is 2.27. The maximum atomic E-state index is 10.8. The molecule has 0 aromatic carbocycles. The molecule has 0 aliphatic rings. The predicted octanol–water partition coefficient (Wildman–Crippen LogP) is 0.829. The van der Waals surface area contributed by atoms with E-state index in [0.29, 0.717) is 11.6 Å². The first-order valence-corrected chi connectivity index (χ1v) is 5.50. The fourth-order valence-electron chi connectivity index (χ4n) is 0.978. The van der Waals surface area contributed by atoms with Crippen LogP contribution in [0.4, 0.5) is 10.7 Å². The van der Waals surface area contributed by atoms with Gasteiger partial charge in [-0.2, -0.15) is 0 Å². The third-order valence-electron chi connectivity index (χ3n) is 1.92. The first-order chi connectivity index (χ1) is 7.45. The van der Waals surface area contributed by atoms with Gasteiger partial charge in [0.1, 0.15) is 0 Å². The molecule has 0 spiro atoms. The van der Waals surface area contributed by atoms with Crippen molar-refractivity contribution in [3.63, 3.8) is 0 Å². The fraction of sp³-hybridized carbons (Fsp3) is 0.444. The van der Waals surface area contributed by atoms with E-state index in [1.165, 1.54) is 14.2 Å². The molecular weight excluding hydrogens is 277 g/mol. The van der Waals surface area contributed by atoms with Gasteiger partial charge in [0.2, 0.25) is 0 Å². The van der Waals surface area contributed by atoms with E-state index in [4.69, 9.17) is 9.84 Å². The Kier molecular flexibility index (Phi) is 4.09. The summed E-state index contributed by atoms with van der Waals surface area (Å²) < 4.78 is 4.99. The maximum absolute atomic E-state index is 10.8. The standard InChI is InChI=1S/C9H12N3O3Se/c1-5(16)6-4-7(15-3)11-8(10-6)12(2)9(13)14/h4-5H,1-3H3,(H,13,14). The Morgan fingerprint density at radius 1 is 1.62 bits per heavy atom. The quantitative estimate of drug-likeness (QED) is 0.834. The molecule has 1 aromatic rings. The Balaban J connectivity index is 3.18. The van der Waals surface area contributed by atoms with Gasteiger partial charge in [-0.15, -0.1) is 0 Å². The number of methoxy groups -OCH3 is 1. The summed E-state index contributed by atoms with van der Waals surface area (Å²) in [6.45, 7) is 1.91. The van der Waals surface area contributed by atoms with Crippen LogP contribution < -0.4 is 9.64 Å². The Labute approximate surface area is 101 Å². The number of anilines is 1. The molecule has 87 valence electrons. The Morgan fingerprint density at radius 2 is 2.25 bits per heavy atom. The zero-order valence-electron chi connectivity index (χ0n) is 9.17. The summed E-state index contributed by atoms with van der Waals surface area (Å²) in [5.41, 5.74) is 0.690. The molecule has 0 fully saturated rings. The van der Waals surface area contributed by atoms with E-state index >= 15 is 0 Å².